The fourth-order valence-corrected chi connectivity index (χ4v) is 1.94. The summed E-state index contributed by atoms with van der Waals surface area (Å²) < 4.78 is 28.3. The zero-order chi connectivity index (χ0) is 14.3. The van der Waals surface area contributed by atoms with E-state index in [1.165, 1.54) is 12.1 Å². The number of hydrogen-bond donors (Lipinski definition) is 2. The first-order chi connectivity index (χ1) is 9.02. The minimum Gasteiger partial charge on any atom is -0.435 e. The van der Waals surface area contributed by atoms with Gasteiger partial charge < -0.3 is 15.2 Å². The number of aliphatic hydroxyl groups is 1. The maximum absolute atomic E-state index is 12.0. The molecule has 0 bridgehead atoms. The Hall–Kier alpha value is -1.20. The van der Waals surface area contributed by atoms with Crippen LogP contribution in [-0.2, 0) is 0 Å². The van der Waals surface area contributed by atoms with Gasteiger partial charge in [0, 0.05) is 18.7 Å². The second-order valence-corrected chi connectivity index (χ2v) is 4.60. The molecule has 0 aliphatic rings. The van der Waals surface area contributed by atoms with Crippen molar-refractivity contribution >= 4 is 0 Å². The summed E-state index contributed by atoms with van der Waals surface area (Å²) >= 11 is 0. The highest BCUT2D eigenvalue weighted by Crippen LogP contribution is 2.19. The normalized spacial score (nSPS) is 14.4. The van der Waals surface area contributed by atoms with Gasteiger partial charge in [0.2, 0.25) is 0 Å². The van der Waals surface area contributed by atoms with E-state index in [4.69, 9.17) is 5.11 Å². The van der Waals surface area contributed by atoms with Crippen molar-refractivity contribution < 1.29 is 18.6 Å². The van der Waals surface area contributed by atoms with Crippen LogP contribution in [0.1, 0.15) is 38.3 Å². The minimum atomic E-state index is -2.79. The van der Waals surface area contributed by atoms with Crippen molar-refractivity contribution in [2.45, 2.75) is 45.4 Å². The third-order valence-electron chi connectivity index (χ3n) is 2.94. The standard InChI is InChI=1S/C14H21F2NO2/c1-10(4-3-9-18)17-11(2)12-5-7-13(8-6-12)19-14(15)16/h5-8,10-11,14,17-18H,3-4,9H2,1-2H3. The van der Waals surface area contributed by atoms with Gasteiger partial charge in [0.25, 0.3) is 0 Å². The molecule has 19 heavy (non-hydrogen) atoms. The molecule has 0 saturated carbocycles. The maximum Gasteiger partial charge on any atom is 0.387 e. The molecular formula is C14H21F2NO2. The summed E-state index contributed by atoms with van der Waals surface area (Å²) in [6.07, 6.45) is 1.66. The SMILES string of the molecule is CC(CCCO)NC(C)c1ccc(OC(F)F)cc1. The van der Waals surface area contributed by atoms with Gasteiger partial charge in [-0.3, -0.25) is 0 Å². The Kier molecular flexibility index (Phi) is 6.73. The molecule has 1 aromatic carbocycles. The summed E-state index contributed by atoms with van der Waals surface area (Å²) in [5.74, 6) is 0.166. The lowest BCUT2D eigenvalue weighted by atomic mass is 10.1. The van der Waals surface area contributed by atoms with Gasteiger partial charge >= 0.3 is 6.61 Å². The van der Waals surface area contributed by atoms with Crippen molar-refractivity contribution in [1.29, 1.82) is 0 Å². The summed E-state index contributed by atoms with van der Waals surface area (Å²) in [5, 5.41) is 12.2. The van der Waals surface area contributed by atoms with E-state index in [2.05, 4.69) is 17.0 Å². The zero-order valence-electron chi connectivity index (χ0n) is 11.3. The monoisotopic (exact) mass is 273 g/mol. The number of aliphatic hydroxyl groups excluding tert-OH is 1. The summed E-state index contributed by atoms with van der Waals surface area (Å²) in [6, 6.07) is 7.03. The van der Waals surface area contributed by atoms with E-state index < -0.39 is 6.61 Å². The fourth-order valence-electron chi connectivity index (χ4n) is 1.94. The Morgan fingerprint density at radius 2 is 1.84 bits per heavy atom. The Morgan fingerprint density at radius 3 is 2.37 bits per heavy atom. The van der Waals surface area contributed by atoms with Crippen molar-refractivity contribution in [3.8, 4) is 5.75 Å². The molecule has 0 spiro atoms. The van der Waals surface area contributed by atoms with Crippen LogP contribution in [-0.4, -0.2) is 24.4 Å². The van der Waals surface area contributed by atoms with E-state index in [0.29, 0.717) is 6.04 Å². The first-order valence-electron chi connectivity index (χ1n) is 6.44. The van der Waals surface area contributed by atoms with Crippen molar-refractivity contribution in [3.63, 3.8) is 0 Å². The molecule has 5 heteroatoms. The number of alkyl halides is 2. The highest BCUT2D eigenvalue weighted by atomic mass is 19.3. The predicted molar refractivity (Wildman–Crippen MR) is 70.4 cm³/mol. The van der Waals surface area contributed by atoms with Crippen LogP contribution < -0.4 is 10.1 Å². The molecule has 0 fully saturated rings. The molecule has 108 valence electrons. The summed E-state index contributed by atoms with van der Waals surface area (Å²) in [6.45, 7) is 1.47. The van der Waals surface area contributed by atoms with Crippen LogP contribution in [0.15, 0.2) is 24.3 Å². The molecule has 1 aromatic rings. The summed E-state index contributed by atoms with van der Waals surface area (Å²) in [5.41, 5.74) is 1.01. The van der Waals surface area contributed by atoms with E-state index >= 15 is 0 Å². The van der Waals surface area contributed by atoms with Gasteiger partial charge in [-0.05, 0) is 44.4 Å². The first kappa shape index (κ1) is 15.9. The van der Waals surface area contributed by atoms with Crippen LogP contribution in [0.2, 0.25) is 0 Å². The third-order valence-corrected chi connectivity index (χ3v) is 2.94. The minimum absolute atomic E-state index is 0.120. The number of hydrogen-bond acceptors (Lipinski definition) is 3. The highest BCUT2D eigenvalue weighted by Gasteiger charge is 2.10. The van der Waals surface area contributed by atoms with Gasteiger partial charge in [-0.25, -0.2) is 0 Å². The Bertz CT molecular complexity index is 357. The highest BCUT2D eigenvalue weighted by molar-refractivity contribution is 5.29. The second-order valence-electron chi connectivity index (χ2n) is 4.60. The fraction of sp³-hybridized carbons (Fsp3) is 0.571. The Morgan fingerprint density at radius 1 is 1.21 bits per heavy atom. The number of benzene rings is 1. The van der Waals surface area contributed by atoms with Crippen molar-refractivity contribution in [2.24, 2.45) is 0 Å². The van der Waals surface area contributed by atoms with Crippen molar-refractivity contribution in [2.75, 3.05) is 6.61 Å². The molecule has 0 aliphatic carbocycles. The first-order valence-corrected chi connectivity index (χ1v) is 6.44. The summed E-state index contributed by atoms with van der Waals surface area (Å²) in [7, 11) is 0. The topological polar surface area (TPSA) is 41.5 Å². The molecule has 1 rings (SSSR count). The average molecular weight is 273 g/mol. The van der Waals surface area contributed by atoms with Gasteiger partial charge in [0.1, 0.15) is 5.75 Å². The quantitative estimate of drug-likeness (QED) is 0.764. The van der Waals surface area contributed by atoms with Crippen LogP contribution in [0.25, 0.3) is 0 Å². The molecule has 0 aromatic heterocycles. The van der Waals surface area contributed by atoms with Crippen LogP contribution in [0.4, 0.5) is 8.78 Å². The van der Waals surface area contributed by atoms with Crippen LogP contribution in [0, 0.1) is 0 Å². The molecule has 2 atom stereocenters. The Balaban J connectivity index is 2.50. The van der Waals surface area contributed by atoms with Gasteiger partial charge in [-0.15, -0.1) is 0 Å². The molecule has 0 heterocycles. The van der Waals surface area contributed by atoms with E-state index in [-0.39, 0.29) is 18.4 Å². The van der Waals surface area contributed by atoms with E-state index in [1.807, 2.05) is 6.92 Å². The summed E-state index contributed by atoms with van der Waals surface area (Å²) in [4.78, 5) is 0. The van der Waals surface area contributed by atoms with Crippen LogP contribution in [0.5, 0.6) is 5.75 Å². The molecule has 0 saturated heterocycles. The van der Waals surface area contributed by atoms with E-state index in [0.717, 1.165) is 18.4 Å². The van der Waals surface area contributed by atoms with E-state index in [9.17, 15) is 8.78 Å². The second kappa shape index (κ2) is 8.07. The van der Waals surface area contributed by atoms with Gasteiger partial charge in [-0.1, -0.05) is 12.1 Å². The molecular weight excluding hydrogens is 252 g/mol. The molecule has 2 unspecified atom stereocenters. The lowest BCUT2D eigenvalue weighted by Gasteiger charge is -2.20. The molecule has 2 N–H and O–H groups in total. The largest absolute Gasteiger partial charge is 0.435 e. The number of nitrogens with one attached hydrogen (secondary N) is 1. The molecule has 0 radical (unpaired) electrons. The van der Waals surface area contributed by atoms with Gasteiger partial charge in [-0.2, -0.15) is 8.78 Å². The van der Waals surface area contributed by atoms with Crippen LogP contribution >= 0.6 is 0 Å². The maximum atomic E-state index is 12.0. The molecule has 3 nitrogen and oxygen atoms in total. The third kappa shape index (κ3) is 5.98. The molecule has 0 aliphatic heterocycles. The van der Waals surface area contributed by atoms with Crippen molar-refractivity contribution in [3.05, 3.63) is 29.8 Å². The van der Waals surface area contributed by atoms with Gasteiger partial charge in [0.05, 0.1) is 0 Å². The van der Waals surface area contributed by atoms with Crippen molar-refractivity contribution in [1.82, 2.24) is 5.32 Å². The smallest absolute Gasteiger partial charge is 0.387 e. The average Bonchev–Trinajstić information content (AvgIpc) is 2.36. The predicted octanol–water partition coefficient (Wildman–Crippen LogP) is 3.10. The number of rotatable bonds is 8. The zero-order valence-corrected chi connectivity index (χ0v) is 11.3. The van der Waals surface area contributed by atoms with Gasteiger partial charge in [0.15, 0.2) is 0 Å². The number of ether oxygens (including phenoxy) is 1. The lowest BCUT2D eigenvalue weighted by Crippen LogP contribution is -2.29. The van der Waals surface area contributed by atoms with E-state index in [1.54, 1.807) is 12.1 Å². The Labute approximate surface area is 112 Å². The lowest BCUT2D eigenvalue weighted by molar-refractivity contribution is -0.0498. The molecule has 0 amide bonds. The number of halogens is 2. The van der Waals surface area contributed by atoms with Crippen LogP contribution in [0.3, 0.4) is 0 Å².